The third-order valence-corrected chi connectivity index (χ3v) is 2.89. The van der Waals surface area contributed by atoms with Crippen molar-refractivity contribution in [1.29, 1.82) is 5.26 Å². The van der Waals surface area contributed by atoms with Crippen molar-refractivity contribution in [3.8, 4) is 6.07 Å². The third kappa shape index (κ3) is 2.61. The highest BCUT2D eigenvalue weighted by Gasteiger charge is 2.42. The molecule has 1 unspecified atom stereocenters. The van der Waals surface area contributed by atoms with Crippen LogP contribution in [0.25, 0.3) is 0 Å². The average molecular weight is 206 g/mol. The highest BCUT2D eigenvalue weighted by Crippen LogP contribution is 2.39. The van der Waals surface area contributed by atoms with Gasteiger partial charge in [0.25, 0.3) is 0 Å². The maximum Gasteiger partial charge on any atom is 0.391 e. The van der Waals surface area contributed by atoms with Crippen LogP contribution in [0.1, 0.15) is 25.7 Å². The summed E-state index contributed by atoms with van der Waals surface area (Å²) in [6, 6.07) is 1.28. The average Bonchev–Trinajstić information content (AvgIpc) is 2.15. The Bertz CT molecular complexity index is 223. The Labute approximate surface area is 80.9 Å². The molecule has 0 bridgehead atoms. The van der Waals surface area contributed by atoms with Gasteiger partial charge in [0.05, 0.1) is 18.0 Å². The van der Waals surface area contributed by atoms with Gasteiger partial charge in [-0.15, -0.1) is 0 Å². The number of halogens is 3. The standard InChI is InChI=1S/C9H13F3N2/c10-9(11,12)7-3-1-6(2-4-7)8(14)5-13/h6-8H,1-4,14H2. The zero-order valence-electron chi connectivity index (χ0n) is 7.72. The molecule has 80 valence electrons. The molecular weight excluding hydrogens is 193 g/mol. The van der Waals surface area contributed by atoms with Gasteiger partial charge in [-0.3, -0.25) is 0 Å². The van der Waals surface area contributed by atoms with Crippen LogP contribution in [0.4, 0.5) is 13.2 Å². The van der Waals surface area contributed by atoms with E-state index in [9.17, 15) is 13.2 Å². The Balaban J connectivity index is 2.43. The van der Waals surface area contributed by atoms with Gasteiger partial charge in [0.1, 0.15) is 0 Å². The number of nitriles is 1. The largest absolute Gasteiger partial charge is 0.391 e. The highest BCUT2D eigenvalue weighted by atomic mass is 19.4. The van der Waals surface area contributed by atoms with Crippen molar-refractivity contribution in [2.75, 3.05) is 0 Å². The molecule has 14 heavy (non-hydrogen) atoms. The van der Waals surface area contributed by atoms with Crippen molar-refractivity contribution >= 4 is 0 Å². The van der Waals surface area contributed by atoms with Crippen LogP contribution in [-0.4, -0.2) is 12.2 Å². The van der Waals surface area contributed by atoms with Crippen molar-refractivity contribution in [2.24, 2.45) is 17.6 Å². The van der Waals surface area contributed by atoms with Gasteiger partial charge in [0.2, 0.25) is 0 Å². The van der Waals surface area contributed by atoms with Crippen molar-refractivity contribution in [3.63, 3.8) is 0 Å². The molecule has 0 heterocycles. The summed E-state index contributed by atoms with van der Waals surface area (Å²) in [4.78, 5) is 0. The first-order valence-corrected chi connectivity index (χ1v) is 4.67. The Morgan fingerprint density at radius 3 is 2.07 bits per heavy atom. The van der Waals surface area contributed by atoms with E-state index >= 15 is 0 Å². The molecule has 1 saturated carbocycles. The Morgan fingerprint density at radius 2 is 1.71 bits per heavy atom. The molecule has 1 fully saturated rings. The SMILES string of the molecule is N#CC(N)C1CCC(C(F)(F)F)CC1. The number of hydrogen-bond donors (Lipinski definition) is 1. The van der Waals surface area contributed by atoms with E-state index < -0.39 is 18.1 Å². The first-order chi connectivity index (χ1) is 6.45. The van der Waals surface area contributed by atoms with E-state index in [1.54, 1.807) is 0 Å². The predicted octanol–water partition coefficient (Wildman–Crippen LogP) is 2.21. The molecular formula is C9H13F3N2. The molecule has 0 spiro atoms. The summed E-state index contributed by atoms with van der Waals surface area (Å²) in [5.41, 5.74) is 5.46. The van der Waals surface area contributed by atoms with Crippen molar-refractivity contribution < 1.29 is 13.2 Å². The van der Waals surface area contributed by atoms with E-state index in [-0.39, 0.29) is 18.8 Å². The van der Waals surface area contributed by atoms with E-state index in [1.165, 1.54) is 0 Å². The molecule has 1 rings (SSSR count). The van der Waals surface area contributed by atoms with Crippen LogP contribution >= 0.6 is 0 Å². The Morgan fingerprint density at radius 1 is 1.21 bits per heavy atom. The van der Waals surface area contributed by atoms with Crippen LogP contribution in [0.5, 0.6) is 0 Å². The van der Waals surface area contributed by atoms with Crippen molar-refractivity contribution in [1.82, 2.24) is 0 Å². The fraction of sp³-hybridized carbons (Fsp3) is 0.889. The van der Waals surface area contributed by atoms with Gasteiger partial charge in [-0.05, 0) is 31.6 Å². The smallest absolute Gasteiger partial charge is 0.316 e. The van der Waals surface area contributed by atoms with E-state index in [1.807, 2.05) is 6.07 Å². The van der Waals surface area contributed by atoms with E-state index in [2.05, 4.69) is 0 Å². The van der Waals surface area contributed by atoms with Gasteiger partial charge in [-0.1, -0.05) is 0 Å². The summed E-state index contributed by atoms with van der Waals surface area (Å²) in [5, 5.41) is 8.52. The summed E-state index contributed by atoms with van der Waals surface area (Å²) < 4.78 is 36.8. The van der Waals surface area contributed by atoms with E-state index in [0.717, 1.165) is 0 Å². The number of alkyl halides is 3. The lowest BCUT2D eigenvalue weighted by atomic mass is 9.79. The van der Waals surface area contributed by atoms with Crippen LogP contribution in [0.2, 0.25) is 0 Å². The first kappa shape index (κ1) is 11.3. The van der Waals surface area contributed by atoms with Crippen LogP contribution < -0.4 is 5.73 Å². The van der Waals surface area contributed by atoms with Crippen LogP contribution in [0.15, 0.2) is 0 Å². The molecule has 1 atom stereocenters. The summed E-state index contributed by atoms with van der Waals surface area (Å²) in [6.45, 7) is 0. The van der Waals surface area contributed by atoms with Gasteiger partial charge in [-0.2, -0.15) is 18.4 Å². The molecule has 0 aromatic heterocycles. The number of nitrogens with two attached hydrogens (primary N) is 1. The molecule has 0 saturated heterocycles. The third-order valence-electron chi connectivity index (χ3n) is 2.89. The highest BCUT2D eigenvalue weighted by molar-refractivity contribution is 4.94. The van der Waals surface area contributed by atoms with E-state index in [4.69, 9.17) is 11.0 Å². The van der Waals surface area contributed by atoms with Crippen LogP contribution in [0, 0.1) is 23.2 Å². The molecule has 0 radical (unpaired) electrons. The normalized spacial score (nSPS) is 30.8. The zero-order chi connectivity index (χ0) is 10.8. The maximum atomic E-state index is 12.3. The molecule has 0 aromatic rings. The minimum atomic E-state index is -4.08. The van der Waals surface area contributed by atoms with Crippen LogP contribution in [-0.2, 0) is 0 Å². The lowest BCUT2D eigenvalue weighted by Crippen LogP contribution is -2.35. The minimum absolute atomic E-state index is 0.0569. The molecule has 0 aliphatic heterocycles. The minimum Gasteiger partial charge on any atom is -0.316 e. The second-order valence-electron chi connectivity index (χ2n) is 3.81. The van der Waals surface area contributed by atoms with E-state index in [0.29, 0.717) is 12.8 Å². The maximum absolute atomic E-state index is 12.3. The fourth-order valence-electron chi connectivity index (χ4n) is 1.91. The molecule has 0 aromatic carbocycles. The molecule has 1 aliphatic rings. The number of nitrogens with zero attached hydrogens (tertiary/aromatic N) is 1. The number of rotatable bonds is 1. The predicted molar refractivity (Wildman–Crippen MR) is 45.1 cm³/mol. The molecule has 0 amide bonds. The van der Waals surface area contributed by atoms with Crippen LogP contribution in [0.3, 0.4) is 0 Å². The quantitative estimate of drug-likeness (QED) is 0.715. The second-order valence-corrected chi connectivity index (χ2v) is 3.81. The van der Waals surface area contributed by atoms with Crippen molar-refractivity contribution in [3.05, 3.63) is 0 Å². The fourth-order valence-corrected chi connectivity index (χ4v) is 1.91. The number of hydrogen-bond acceptors (Lipinski definition) is 2. The Kier molecular flexibility index (Phi) is 3.38. The lowest BCUT2D eigenvalue weighted by Gasteiger charge is -2.30. The van der Waals surface area contributed by atoms with Gasteiger partial charge in [0, 0.05) is 0 Å². The summed E-state index contributed by atoms with van der Waals surface area (Å²) in [6.07, 6.45) is -3.02. The summed E-state index contributed by atoms with van der Waals surface area (Å²) in [7, 11) is 0. The monoisotopic (exact) mass is 206 g/mol. The topological polar surface area (TPSA) is 49.8 Å². The van der Waals surface area contributed by atoms with Gasteiger partial charge in [0.15, 0.2) is 0 Å². The zero-order valence-corrected chi connectivity index (χ0v) is 7.72. The molecule has 2 N–H and O–H groups in total. The van der Waals surface area contributed by atoms with Gasteiger partial charge in [-0.25, -0.2) is 0 Å². The molecule has 5 heteroatoms. The molecule has 2 nitrogen and oxygen atoms in total. The summed E-state index contributed by atoms with van der Waals surface area (Å²) >= 11 is 0. The summed E-state index contributed by atoms with van der Waals surface area (Å²) in [5.74, 6) is -1.25. The first-order valence-electron chi connectivity index (χ1n) is 4.67. The van der Waals surface area contributed by atoms with Gasteiger partial charge < -0.3 is 5.73 Å². The lowest BCUT2D eigenvalue weighted by molar-refractivity contribution is -0.184. The van der Waals surface area contributed by atoms with Crippen molar-refractivity contribution in [2.45, 2.75) is 37.9 Å². The Hall–Kier alpha value is -0.760. The second kappa shape index (κ2) is 4.18. The van der Waals surface area contributed by atoms with Gasteiger partial charge >= 0.3 is 6.18 Å². The molecule has 1 aliphatic carbocycles.